The highest BCUT2D eigenvalue weighted by atomic mass is 16.5. The van der Waals surface area contributed by atoms with Gasteiger partial charge < -0.3 is 4.74 Å². The van der Waals surface area contributed by atoms with Gasteiger partial charge in [0, 0.05) is 12.8 Å². The Morgan fingerprint density at radius 3 is 1.58 bits per heavy atom. The second-order valence-electron chi connectivity index (χ2n) is 23.3. The summed E-state index contributed by atoms with van der Waals surface area (Å²) in [5, 5.41) is 0. The van der Waals surface area contributed by atoms with Crippen molar-refractivity contribution in [3.63, 3.8) is 0 Å². The van der Waals surface area contributed by atoms with Crippen LogP contribution in [0.15, 0.2) is 109 Å². The predicted octanol–water partition coefficient (Wildman–Crippen LogP) is 21.0. The molecule has 8 atom stereocenters. The summed E-state index contributed by atoms with van der Waals surface area (Å²) in [6, 6.07) is 0. The van der Waals surface area contributed by atoms with E-state index in [1.165, 1.54) is 135 Å². The highest BCUT2D eigenvalue weighted by Gasteiger charge is 2.59. The Hall–Kier alpha value is -2.87. The van der Waals surface area contributed by atoms with Crippen molar-refractivity contribution in [2.24, 2.45) is 46.3 Å². The number of carbonyl (C=O) groups is 1. The quantitative estimate of drug-likeness (QED) is 0.0355. The van der Waals surface area contributed by atoms with Crippen LogP contribution in [-0.2, 0) is 9.53 Å². The van der Waals surface area contributed by atoms with Gasteiger partial charge in [-0.05, 0) is 162 Å². The van der Waals surface area contributed by atoms with E-state index in [0.29, 0.717) is 17.3 Å². The lowest BCUT2D eigenvalue weighted by molar-refractivity contribution is -0.151. The second kappa shape index (κ2) is 35.3. The SMILES string of the molecule is CC/C=C\C/C=C\C/C=C\C/C=C\C/C=C\C/C=C\C/C=C\C/C=C\CCCCCCCCCCCCCCC(=O)OC1CCC2(C)C(=CCC3C2CCC2(C)C(C(C)CCCC(C)C)CCC32)C1. The van der Waals surface area contributed by atoms with Gasteiger partial charge in [0.05, 0.1) is 0 Å². The smallest absolute Gasteiger partial charge is 0.306 e. The number of esters is 1. The summed E-state index contributed by atoms with van der Waals surface area (Å²) in [6.45, 7) is 14.8. The number of hydrogen-bond donors (Lipinski definition) is 0. The fraction of sp³-hybridized carbons (Fsp3) is 0.716. The van der Waals surface area contributed by atoms with Crippen LogP contribution in [0, 0.1) is 46.3 Å². The monoisotopic (exact) mass is 945 g/mol. The van der Waals surface area contributed by atoms with Gasteiger partial charge in [0.25, 0.3) is 0 Å². The second-order valence-corrected chi connectivity index (χ2v) is 23.3. The van der Waals surface area contributed by atoms with Gasteiger partial charge in [-0.15, -0.1) is 0 Å². The molecule has 4 aliphatic rings. The molecule has 3 saturated carbocycles. The van der Waals surface area contributed by atoms with Crippen LogP contribution in [0.4, 0.5) is 0 Å². The molecule has 4 rings (SSSR count). The van der Waals surface area contributed by atoms with Gasteiger partial charge in [-0.2, -0.15) is 0 Å². The van der Waals surface area contributed by atoms with Gasteiger partial charge >= 0.3 is 5.97 Å². The molecule has 0 bridgehead atoms. The van der Waals surface area contributed by atoms with Crippen LogP contribution in [0.3, 0.4) is 0 Å². The third-order valence-electron chi connectivity index (χ3n) is 17.5. The molecule has 388 valence electrons. The fourth-order valence-corrected chi connectivity index (χ4v) is 13.5. The average molecular weight is 946 g/mol. The van der Waals surface area contributed by atoms with Crippen molar-refractivity contribution in [3.05, 3.63) is 109 Å². The van der Waals surface area contributed by atoms with E-state index in [2.05, 4.69) is 145 Å². The first-order valence-electron chi connectivity index (χ1n) is 29.8. The highest BCUT2D eigenvalue weighted by Crippen LogP contribution is 2.67. The van der Waals surface area contributed by atoms with Crippen molar-refractivity contribution in [3.8, 4) is 0 Å². The Balaban J connectivity index is 0.902. The molecule has 0 amide bonds. The minimum Gasteiger partial charge on any atom is -0.462 e. The number of carbonyl (C=O) groups excluding carboxylic acids is 1. The molecule has 2 heteroatoms. The molecule has 0 aliphatic heterocycles. The van der Waals surface area contributed by atoms with Crippen molar-refractivity contribution in [1.82, 2.24) is 0 Å². The molecule has 0 heterocycles. The molecule has 3 fully saturated rings. The highest BCUT2D eigenvalue weighted by molar-refractivity contribution is 5.69. The summed E-state index contributed by atoms with van der Waals surface area (Å²) in [5.41, 5.74) is 2.51. The van der Waals surface area contributed by atoms with E-state index in [1.54, 1.807) is 5.57 Å². The van der Waals surface area contributed by atoms with Gasteiger partial charge in [-0.1, -0.05) is 234 Å². The van der Waals surface area contributed by atoms with E-state index < -0.39 is 0 Å². The van der Waals surface area contributed by atoms with Crippen LogP contribution >= 0.6 is 0 Å². The van der Waals surface area contributed by atoms with Crippen molar-refractivity contribution in [2.75, 3.05) is 0 Å². The minimum absolute atomic E-state index is 0.0578. The molecule has 0 saturated heterocycles. The minimum atomic E-state index is 0.0578. The molecule has 2 nitrogen and oxygen atoms in total. The van der Waals surface area contributed by atoms with E-state index in [9.17, 15) is 4.79 Å². The number of fused-ring (bicyclic) bond motifs is 5. The number of ether oxygens (including phenoxy) is 1. The van der Waals surface area contributed by atoms with Crippen LogP contribution in [0.25, 0.3) is 0 Å². The first-order chi connectivity index (χ1) is 33.7. The average Bonchev–Trinajstić information content (AvgIpc) is 3.70. The number of hydrogen-bond acceptors (Lipinski definition) is 2. The molecule has 0 aromatic rings. The van der Waals surface area contributed by atoms with Crippen molar-refractivity contribution in [2.45, 2.75) is 260 Å². The van der Waals surface area contributed by atoms with Crippen molar-refractivity contribution in [1.29, 1.82) is 0 Å². The maximum atomic E-state index is 13.0. The zero-order valence-corrected chi connectivity index (χ0v) is 46.0. The lowest BCUT2D eigenvalue weighted by Crippen LogP contribution is -2.51. The van der Waals surface area contributed by atoms with E-state index >= 15 is 0 Å². The predicted molar refractivity (Wildman–Crippen MR) is 303 cm³/mol. The Kier molecular flexibility index (Phi) is 30.0. The van der Waals surface area contributed by atoms with E-state index in [4.69, 9.17) is 4.74 Å². The van der Waals surface area contributed by atoms with Gasteiger partial charge in [-0.3, -0.25) is 4.79 Å². The molecule has 0 aromatic carbocycles. The Bertz CT molecular complexity index is 1640. The Labute approximate surface area is 428 Å². The summed E-state index contributed by atoms with van der Waals surface area (Å²) < 4.78 is 6.18. The van der Waals surface area contributed by atoms with Crippen molar-refractivity contribution >= 4 is 5.97 Å². The summed E-state index contributed by atoms with van der Waals surface area (Å²) >= 11 is 0. The maximum Gasteiger partial charge on any atom is 0.306 e. The molecule has 0 radical (unpaired) electrons. The summed E-state index contributed by atoms with van der Waals surface area (Å²) in [6.07, 6.45) is 79.4. The standard InChI is InChI=1S/C67H108O2/c1-7-8-9-10-11-12-13-14-15-16-17-18-19-20-21-22-23-24-25-26-27-28-29-30-31-32-33-34-35-36-37-38-39-40-41-42-43-47-65(68)69-60-52-54-66(5)59(56-60)48-49-61-63-51-50-62(58(4)46-44-45-57(2)3)67(63,6)55-53-64(61)66/h8-9,11-12,14-15,17-18,20-21,23-24,26-27,29-30,48,57-58,60-64H,7,10,13,16,19,22,25,28,31-47,49-56H2,1-6H3/b9-8-,12-11-,15-14-,18-17-,21-20-,24-23-,27-26-,30-29-. The lowest BCUT2D eigenvalue weighted by Gasteiger charge is -2.58. The molecule has 0 N–H and O–H groups in total. The first-order valence-corrected chi connectivity index (χ1v) is 29.8. The third kappa shape index (κ3) is 22.2. The molecule has 0 spiro atoms. The normalized spacial score (nSPS) is 26.8. The Morgan fingerprint density at radius 1 is 0.565 bits per heavy atom. The van der Waals surface area contributed by atoms with Crippen LogP contribution < -0.4 is 0 Å². The number of rotatable bonds is 36. The maximum absolute atomic E-state index is 13.0. The van der Waals surface area contributed by atoms with Gasteiger partial charge in [0.2, 0.25) is 0 Å². The van der Waals surface area contributed by atoms with Gasteiger partial charge in [-0.25, -0.2) is 0 Å². The lowest BCUT2D eigenvalue weighted by atomic mass is 9.47. The first kappa shape index (κ1) is 58.7. The van der Waals surface area contributed by atoms with Gasteiger partial charge in [0.1, 0.15) is 6.10 Å². The van der Waals surface area contributed by atoms with Crippen LogP contribution in [0.5, 0.6) is 0 Å². The van der Waals surface area contributed by atoms with Crippen molar-refractivity contribution < 1.29 is 9.53 Å². The molecule has 0 aromatic heterocycles. The van der Waals surface area contributed by atoms with E-state index in [1.807, 2.05) is 0 Å². The largest absolute Gasteiger partial charge is 0.462 e. The van der Waals surface area contributed by atoms with Crippen LogP contribution in [0.1, 0.15) is 253 Å². The molecular weight excluding hydrogens is 837 g/mol. The van der Waals surface area contributed by atoms with Crippen LogP contribution in [0.2, 0.25) is 0 Å². The van der Waals surface area contributed by atoms with Crippen LogP contribution in [-0.4, -0.2) is 12.1 Å². The summed E-state index contributed by atoms with van der Waals surface area (Å²) in [5.74, 6) is 5.28. The number of allylic oxidation sites excluding steroid dienone is 17. The van der Waals surface area contributed by atoms with E-state index in [-0.39, 0.29) is 12.1 Å². The summed E-state index contributed by atoms with van der Waals surface area (Å²) in [7, 11) is 0. The summed E-state index contributed by atoms with van der Waals surface area (Å²) in [4.78, 5) is 13.0. The van der Waals surface area contributed by atoms with E-state index in [0.717, 1.165) is 106 Å². The zero-order valence-electron chi connectivity index (χ0n) is 46.0. The zero-order chi connectivity index (χ0) is 49.3. The molecule has 69 heavy (non-hydrogen) atoms. The fourth-order valence-electron chi connectivity index (χ4n) is 13.5. The Morgan fingerprint density at radius 2 is 1.06 bits per heavy atom. The number of unbranched alkanes of at least 4 members (excludes halogenated alkanes) is 12. The molecular formula is C67H108O2. The van der Waals surface area contributed by atoms with Gasteiger partial charge in [0.15, 0.2) is 0 Å². The molecule has 8 unspecified atom stereocenters. The topological polar surface area (TPSA) is 26.3 Å². The third-order valence-corrected chi connectivity index (χ3v) is 17.5. The molecule has 4 aliphatic carbocycles.